The molecule has 0 radical (unpaired) electrons. The highest BCUT2D eigenvalue weighted by atomic mass is 35.5. The topological polar surface area (TPSA) is 59.0 Å². The van der Waals surface area contributed by atoms with Crippen LogP contribution in [0.2, 0.25) is 23.2 Å². The lowest BCUT2D eigenvalue weighted by atomic mass is 9.78. The average molecular weight is 442 g/mol. The summed E-state index contributed by atoms with van der Waals surface area (Å²) in [7, 11) is -1.84. The summed E-state index contributed by atoms with van der Waals surface area (Å²) in [5, 5.41) is 10.3. The Bertz CT molecular complexity index is 706. The number of carboxylic acid groups (broad SMARTS) is 1. The molecule has 7 heteroatoms. The highest BCUT2D eigenvalue weighted by Gasteiger charge is 2.41. The van der Waals surface area contributed by atoms with E-state index in [9.17, 15) is 9.90 Å². The Balaban J connectivity index is 2.17. The van der Waals surface area contributed by atoms with Crippen LogP contribution in [0.4, 0.5) is 4.79 Å². The van der Waals surface area contributed by atoms with Crippen LogP contribution >= 0.6 is 11.6 Å². The van der Waals surface area contributed by atoms with Gasteiger partial charge in [0.25, 0.3) is 0 Å². The minimum atomic E-state index is -1.84. The Morgan fingerprint density at radius 3 is 2.55 bits per heavy atom. The van der Waals surface area contributed by atoms with Crippen LogP contribution in [0.5, 0.6) is 0 Å². The van der Waals surface area contributed by atoms with Crippen LogP contribution in [-0.2, 0) is 14.8 Å². The van der Waals surface area contributed by atoms with Crippen LogP contribution in [0.3, 0.4) is 0 Å². The normalized spacial score (nSPS) is 20.4. The van der Waals surface area contributed by atoms with Crippen molar-refractivity contribution in [3.05, 3.63) is 34.9 Å². The van der Waals surface area contributed by atoms with Gasteiger partial charge in [-0.3, -0.25) is 0 Å². The number of nitrogens with zero attached hydrogens (tertiary/aromatic N) is 1. The minimum Gasteiger partial charge on any atom is -0.465 e. The van der Waals surface area contributed by atoms with E-state index in [1.54, 1.807) is 0 Å². The fourth-order valence-electron chi connectivity index (χ4n) is 3.60. The van der Waals surface area contributed by atoms with Crippen molar-refractivity contribution in [1.82, 2.24) is 4.90 Å². The summed E-state index contributed by atoms with van der Waals surface area (Å²) in [6.45, 7) is 15.2. The van der Waals surface area contributed by atoms with E-state index in [0.29, 0.717) is 31.3 Å². The van der Waals surface area contributed by atoms with Gasteiger partial charge in [0.2, 0.25) is 0 Å². The van der Waals surface area contributed by atoms with Gasteiger partial charge in [0.05, 0.1) is 18.8 Å². The van der Waals surface area contributed by atoms with E-state index in [1.807, 2.05) is 24.3 Å². The molecular weight excluding hydrogens is 406 g/mol. The van der Waals surface area contributed by atoms with Gasteiger partial charge in [-0.05, 0) is 55.6 Å². The molecule has 1 amide bonds. The van der Waals surface area contributed by atoms with Crippen molar-refractivity contribution >= 4 is 26.0 Å². The molecule has 1 saturated heterocycles. The maximum Gasteiger partial charge on any atom is 0.407 e. The van der Waals surface area contributed by atoms with E-state index in [-0.39, 0.29) is 11.0 Å². The molecule has 1 aliphatic heterocycles. The van der Waals surface area contributed by atoms with Crippen molar-refractivity contribution < 1.29 is 19.1 Å². The van der Waals surface area contributed by atoms with E-state index >= 15 is 0 Å². The summed E-state index contributed by atoms with van der Waals surface area (Å²) < 4.78 is 12.7. The predicted molar refractivity (Wildman–Crippen MR) is 120 cm³/mol. The minimum absolute atomic E-state index is 0.0543. The zero-order chi connectivity index (χ0) is 21.9. The van der Waals surface area contributed by atoms with E-state index in [4.69, 9.17) is 20.8 Å². The first-order valence-corrected chi connectivity index (χ1v) is 13.7. The van der Waals surface area contributed by atoms with Crippen LogP contribution in [-0.4, -0.2) is 50.7 Å². The van der Waals surface area contributed by atoms with Crippen molar-refractivity contribution in [2.45, 2.75) is 64.3 Å². The highest BCUT2D eigenvalue weighted by molar-refractivity contribution is 6.74. The lowest BCUT2D eigenvalue weighted by Gasteiger charge is -2.43. The Kier molecular flexibility index (Phi) is 7.82. The number of ether oxygens (including phenoxy) is 1. The van der Waals surface area contributed by atoms with E-state index in [1.165, 1.54) is 4.90 Å². The molecule has 1 fully saturated rings. The van der Waals surface area contributed by atoms with Crippen LogP contribution in [0.25, 0.3) is 0 Å². The largest absolute Gasteiger partial charge is 0.465 e. The predicted octanol–water partition coefficient (Wildman–Crippen LogP) is 5.98. The Morgan fingerprint density at radius 2 is 1.97 bits per heavy atom. The summed E-state index contributed by atoms with van der Waals surface area (Å²) >= 11 is 6.26. The van der Waals surface area contributed by atoms with E-state index in [0.717, 1.165) is 18.4 Å². The molecule has 0 aliphatic carbocycles. The zero-order valence-corrected chi connectivity index (χ0v) is 20.4. The van der Waals surface area contributed by atoms with Gasteiger partial charge < -0.3 is 19.2 Å². The molecule has 164 valence electrons. The molecule has 2 atom stereocenters. The molecule has 1 N–H and O–H groups in total. The Morgan fingerprint density at radius 1 is 1.28 bits per heavy atom. The summed E-state index contributed by atoms with van der Waals surface area (Å²) in [6, 6.07) is 7.70. The molecule has 2 rings (SSSR count). The summed E-state index contributed by atoms with van der Waals surface area (Å²) in [5.41, 5.74) is 0.352. The smallest absolute Gasteiger partial charge is 0.407 e. The molecule has 0 spiro atoms. The standard InChI is InChI=1S/C22H36ClNO4Si/c1-21(2,3)29(5,6)28-14-13-27-22(4,17-9-7-11-19(23)15-17)18-10-8-12-24(16-18)20(25)26/h7,9,11,15,18H,8,10,12-14,16H2,1-6H3,(H,25,26)/t18?,22-/m0/s1. The van der Waals surface area contributed by atoms with Gasteiger partial charge in [0, 0.05) is 24.0 Å². The molecule has 1 aromatic carbocycles. The average Bonchev–Trinajstić information content (AvgIpc) is 2.64. The number of amides is 1. The van der Waals surface area contributed by atoms with Gasteiger partial charge >= 0.3 is 6.09 Å². The Labute approximate surface area is 181 Å². The molecule has 0 saturated carbocycles. The quantitative estimate of drug-likeness (QED) is 0.417. The van der Waals surface area contributed by atoms with Gasteiger partial charge in [-0.15, -0.1) is 0 Å². The maximum absolute atomic E-state index is 11.5. The van der Waals surface area contributed by atoms with E-state index < -0.39 is 20.0 Å². The van der Waals surface area contributed by atoms with Crippen molar-refractivity contribution in [1.29, 1.82) is 0 Å². The van der Waals surface area contributed by atoms with Crippen LogP contribution < -0.4 is 0 Å². The first-order chi connectivity index (χ1) is 13.4. The van der Waals surface area contributed by atoms with Crippen LogP contribution in [0, 0.1) is 5.92 Å². The Hall–Kier alpha value is -1.08. The summed E-state index contributed by atoms with van der Waals surface area (Å²) in [4.78, 5) is 13.0. The zero-order valence-electron chi connectivity index (χ0n) is 18.6. The maximum atomic E-state index is 11.5. The highest BCUT2D eigenvalue weighted by Crippen LogP contribution is 2.40. The number of benzene rings is 1. The number of hydrogen-bond acceptors (Lipinski definition) is 3. The first-order valence-electron chi connectivity index (χ1n) is 10.4. The third-order valence-electron chi connectivity index (χ3n) is 6.62. The molecular formula is C22H36ClNO4Si. The number of carbonyl (C=O) groups is 1. The SMILES string of the molecule is CC(C)(C)[Si](C)(C)OCCO[C@@](C)(c1cccc(Cl)c1)C1CCCN(C(=O)O)C1. The second kappa shape index (κ2) is 9.37. The molecule has 1 aliphatic rings. The molecule has 1 heterocycles. The number of halogens is 1. The van der Waals surface area contributed by atoms with Gasteiger partial charge in [0.15, 0.2) is 8.32 Å². The molecule has 5 nitrogen and oxygen atoms in total. The molecule has 0 aromatic heterocycles. The van der Waals surface area contributed by atoms with Gasteiger partial charge in [0.1, 0.15) is 0 Å². The fourth-order valence-corrected chi connectivity index (χ4v) is 4.82. The van der Waals surface area contributed by atoms with Crippen molar-refractivity contribution in [3.8, 4) is 0 Å². The van der Waals surface area contributed by atoms with Crippen molar-refractivity contribution in [2.75, 3.05) is 26.3 Å². The number of piperidine rings is 1. The molecule has 1 unspecified atom stereocenters. The van der Waals surface area contributed by atoms with Crippen LogP contribution in [0.15, 0.2) is 24.3 Å². The fraction of sp³-hybridized carbons (Fsp3) is 0.682. The van der Waals surface area contributed by atoms with E-state index in [2.05, 4.69) is 40.8 Å². The van der Waals surface area contributed by atoms with Gasteiger partial charge in [-0.25, -0.2) is 4.79 Å². The monoisotopic (exact) mass is 441 g/mol. The lowest BCUT2D eigenvalue weighted by molar-refractivity contribution is -0.103. The number of hydrogen-bond donors (Lipinski definition) is 1. The number of likely N-dealkylation sites (tertiary alicyclic amines) is 1. The summed E-state index contributed by atoms with van der Waals surface area (Å²) in [5.74, 6) is 0.0543. The number of rotatable bonds is 7. The second-order valence-electron chi connectivity index (χ2n) is 9.64. The first kappa shape index (κ1) is 24.2. The lowest BCUT2D eigenvalue weighted by Crippen LogP contribution is -2.48. The van der Waals surface area contributed by atoms with Crippen LogP contribution in [0.1, 0.15) is 46.1 Å². The third kappa shape index (κ3) is 5.97. The molecule has 1 aromatic rings. The van der Waals surface area contributed by atoms with Gasteiger partial charge in [-0.1, -0.05) is 44.5 Å². The second-order valence-corrected chi connectivity index (χ2v) is 14.9. The van der Waals surface area contributed by atoms with Gasteiger partial charge in [-0.2, -0.15) is 0 Å². The summed E-state index contributed by atoms with van der Waals surface area (Å²) in [6.07, 6.45) is 0.872. The molecule has 29 heavy (non-hydrogen) atoms. The van der Waals surface area contributed by atoms with Crippen molar-refractivity contribution in [3.63, 3.8) is 0 Å². The van der Waals surface area contributed by atoms with Crippen molar-refractivity contribution in [2.24, 2.45) is 5.92 Å². The molecule has 0 bridgehead atoms. The third-order valence-corrected chi connectivity index (χ3v) is 11.4.